The molecule has 0 saturated carbocycles. The molecule has 7 nitrogen and oxygen atoms in total. The minimum absolute atomic E-state index is 0.126. The average molecular weight is 393 g/mol. The van der Waals surface area contributed by atoms with Gasteiger partial charge in [0.05, 0.1) is 11.4 Å². The van der Waals surface area contributed by atoms with E-state index in [0.717, 1.165) is 5.75 Å². The molecule has 0 saturated heterocycles. The number of nitrogens with one attached hydrogen (secondary N) is 3. The van der Waals surface area contributed by atoms with Crippen LogP contribution in [0.15, 0.2) is 40.3 Å². The van der Waals surface area contributed by atoms with Gasteiger partial charge in [-0.25, -0.2) is 4.98 Å². The first kappa shape index (κ1) is 20.1. The molecule has 0 fully saturated rings. The van der Waals surface area contributed by atoms with Crippen LogP contribution in [-0.4, -0.2) is 33.3 Å². The van der Waals surface area contributed by atoms with Crippen molar-refractivity contribution in [1.82, 2.24) is 9.97 Å². The molecule has 26 heavy (non-hydrogen) atoms. The number of aromatic amines is 1. The van der Waals surface area contributed by atoms with Crippen LogP contribution in [0.4, 0.5) is 11.4 Å². The van der Waals surface area contributed by atoms with Crippen LogP contribution in [0.5, 0.6) is 0 Å². The van der Waals surface area contributed by atoms with Crippen molar-refractivity contribution >= 4 is 46.7 Å². The summed E-state index contributed by atoms with van der Waals surface area (Å²) in [6.45, 7) is 3.47. The summed E-state index contributed by atoms with van der Waals surface area (Å²) in [5.41, 5.74) is 1.77. The van der Waals surface area contributed by atoms with Crippen LogP contribution in [0.3, 0.4) is 0 Å². The van der Waals surface area contributed by atoms with Gasteiger partial charge in [0.2, 0.25) is 11.8 Å². The predicted octanol–water partition coefficient (Wildman–Crippen LogP) is 2.71. The Kier molecular flexibility index (Phi) is 7.73. The lowest BCUT2D eigenvalue weighted by atomic mass is 10.3. The molecule has 0 atom stereocenters. The maximum Gasteiger partial charge on any atom is 0.251 e. The molecule has 1 heterocycles. The van der Waals surface area contributed by atoms with Crippen molar-refractivity contribution in [1.29, 1.82) is 0 Å². The molecule has 2 amide bonds. The second kappa shape index (κ2) is 10.0. The molecule has 138 valence electrons. The summed E-state index contributed by atoms with van der Waals surface area (Å²) in [4.78, 5) is 41.7. The van der Waals surface area contributed by atoms with Crippen molar-refractivity contribution in [3.63, 3.8) is 0 Å². The molecule has 0 unspecified atom stereocenters. The SMILES string of the molecule is CCSCc1cc(=O)[nH]c(SCC(=O)Nc2ccc(NC(C)=O)cc2)n1. The summed E-state index contributed by atoms with van der Waals surface area (Å²) in [5.74, 6) is 1.37. The minimum atomic E-state index is -0.219. The molecule has 9 heteroatoms. The largest absolute Gasteiger partial charge is 0.326 e. The Labute approximate surface area is 159 Å². The van der Waals surface area contributed by atoms with E-state index in [9.17, 15) is 14.4 Å². The van der Waals surface area contributed by atoms with Crippen LogP contribution in [0.2, 0.25) is 0 Å². The van der Waals surface area contributed by atoms with Crippen molar-refractivity contribution < 1.29 is 9.59 Å². The average Bonchev–Trinajstić information content (AvgIpc) is 2.59. The highest BCUT2D eigenvalue weighted by Gasteiger charge is 2.07. The second-order valence-corrected chi connectivity index (χ2v) is 7.51. The molecule has 0 radical (unpaired) electrons. The van der Waals surface area contributed by atoms with Gasteiger partial charge in [0.25, 0.3) is 5.56 Å². The molecule has 2 rings (SSSR count). The van der Waals surface area contributed by atoms with Gasteiger partial charge < -0.3 is 15.6 Å². The maximum absolute atomic E-state index is 12.1. The molecular formula is C17H20N4O3S2. The fraction of sp³-hybridized carbons (Fsp3) is 0.294. The molecule has 0 bridgehead atoms. The van der Waals surface area contributed by atoms with E-state index in [1.165, 1.54) is 24.8 Å². The first-order valence-corrected chi connectivity index (χ1v) is 10.1. The van der Waals surface area contributed by atoms with Crippen molar-refractivity contribution in [3.05, 3.63) is 46.4 Å². The molecule has 0 spiro atoms. The topological polar surface area (TPSA) is 104 Å². The first-order valence-electron chi connectivity index (χ1n) is 7.94. The number of amides is 2. The Morgan fingerprint density at radius 3 is 2.42 bits per heavy atom. The lowest BCUT2D eigenvalue weighted by molar-refractivity contribution is -0.114. The third-order valence-electron chi connectivity index (χ3n) is 3.06. The van der Waals surface area contributed by atoms with E-state index in [-0.39, 0.29) is 23.1 Å². The molecule has 1 aromatic carbocycles. The zero-order valence-corrected chi connectivity index (χ0v) is 16.1. The van der Waals surface area contributed by atoms with Gasteiger partial charge in [0.15, 0.2) is 5.16 Å². The van der Waals surface area contributed by atoms with Gasteiger partial charge in [-0.1, -0.05) is 18.7 Å². The van der Waals surface area contributed by atoms with Crippen LogP contribution < -0.4 is 16.2 Å². The number of benzene rings is 1. The Morgan fingerprint density at radius 1 is 1.15 bits per heavy atom. The van der Waals surface area contributed by atoms with E-state index in [4.69, 9.17) is 0 Å². The molecule has 0 aliphatic heterocycles. The van der Waals surface area contributed by atoms with E-state index >= 15 is 0 Å². The van der Waals surface area contributed by atoms with E-state index in [1.54, 1.807) is 36.0 Å². The number of rotatable bonds is 8. The highest BCUT2D eigenvalue weighted by atomic mass is 32.2. The number of aromatic nitrogens is 2. The van der Waals surface area contributed by atoms with Crippen molar-refractivity contribution in [3.8, 4) is 0 Å². The van der Waals surface area contributed by atoms with E-state index in [2.05, 4.69) is 20.6 Å². The monoisotopic (exact) mass is 392 g/mol. The summed E-state index contributed by atoms with van der Waals surface area (Å²) in [6.07, 6.45) is 0. The second-order valence-electron chi connectivity index (χ2n) is 5.27. The summed E-state index contributed by atoms with van der Waals surface area (Å²) < 4.78 is 0. The van der Waals surface area contributed by atoms with Gasteiger partial charge in [-0.05, 0) is 30.0 Å². The fourth-order valence-electron chi connectivity index (χ4n) is 2.00. The summed E-state index contributed by atoms with van der Waals surface area (Å²) >= 11 is 2.86. The van der Waals surface area contributed by atoms with Crippen LogP contribution in [0.1, 0.15) is 19.5 Å². The Balaban J connectivity index is 1.89. The summed E-state index contributed by atoms with van der Waals surface area (Å²) in [5, 5.41) is 5.85. The molecular weight excluding hydrogens is 372 g/mol. The Hall–Kier alpha value is -2.26. The first-order chi connectivity index (χ1) is 12.5. The van der Waals surface area contributed by atoms with Crippen molar-refractivity contribution in [2.24, 2.45) is 0 Å². The zero-order valence-electron chi connectivity index (χ0n) is 14.5. The Bertz CT molecular complexity index is 822. The van der Waals surface area contributed by atoms with Gasteiger partial charge >= 0.3 is 0 Å². The van der Waals surface area contributed by atoms with Gasteiger partial charge in [-0.15, -0.1) is 0 Å². The number of thioether (sulfide) groups is 2. The number of anilines is 2. The normalized spacial score (nSPS) is 10.4. The minimum Gasteiger partial charge on any atom is -0.326 e. The molecule has 0 aliphatic carbocycles. The number of carbonyl (C=O) groups excluding carboxylic acids is 2. The lowest BCUT2D eigenvalue weighted by Gasteiger charge is -2.07. The Morgan fingerprint density at radius 2 is 1.81 bits per heavy atom. The number of nitrogens with zero attached hydrogens (tertiary/aromatic N) is 1. The predicted molar refractivity (Wildman–Crippen MR) is 107 cm³/mol. The van der Waals surface area contributed by atoms with Gasteiger partial charge in [-0.3, -0.25) is 14.4 Å². The van der Waals surface area contributed by atoms with E-state index in [1.807, 2.05) is 6.92 Å². The van der Waals surface area contributed by atoms with Crippen LogP contribution in [0.25, 0.3) is 0 Å². The smallest absolute Gasteiger partial charge is 0.251 e. The molecule has 3 N–H and O–H groups in total. The molecule has 2 aromatic rings. The maximum atomic E-state index is 12.1. The van der Waals surface area contributed by atoms with Crippen LogP contribution in [0, 0.1) is 0 Å². The molecule has 1 aromatic heterocycles. The molecule has 0 aliphatic rings. The quantitative estimate of drug-likeness (QED) is 0.471. The lowest BCUT2D eigenvalue weighted by Crippen LogP contribution is -2.16. The van der Waals surface area contributed by atoms with E-state index < -0.39 is 0 Å². The van der Waals surface area contributed by atoms with Crippen LogP contribution in [-0.2, 0) is 15.3 Å². The summed E-state index contributed by atoms with van der Waals surface area (Å²) in [6, 6.07) is 8.30. The fourth-order valence-corrected chi connectivity index (χ4v) is 3.26. The van der Waals surface area contributed by atoms with Crippen LogP contribution >= 0.6 is 23.5 Å². The standard InChI is InChI=1S/C17H20N4O3S2/c1-3-25-9-14-8-15(23)21-17(20-14)26-10-16(24)19-13-6-4-12(5-7-13)18-11(2)22/h4-8H,3,9-10H2,1-2H3,(H,18,22)(H,19,24)(H,20,21,23). The van der Waals surface area contributed by atoms with Crippen molar-refractivity contribution in [2.45, 2.75) is 24.8 Å². The third-order valence-corrected chi connectivity index (χ3v) is 4.84. The highest BCUT2D eigenvalue weighted by Crippen LogP contribution is 2.16. The number of hydrogen-bond acceptors (Lipinski definition) is 6. The zero-order chi connectivity index (χ0) is 18.9. The highest BCUT2D eigenvalue weighted by molar-refractivity contribution is 7.99. The van der Waals surface area contributed by atoms with Crippen molar-refractivity contribution in [2.75, 3.05) is 22.1 Å². The van der Waals surface area contributed by atoms with Gasteiger partial charge in [0, 0.05) is 30.1 Å². The van der Waals surface area contributed by atoms with Gasteiger partial charge in [0.1, 0.15) is 0 Å². The summed E-state index contributed by atoms with van der Waals surface area (Å²) in [7, 11) is 0. The van der Waals surface area contributed by atoms with Gasteiger partial charge in [-0.2, -0.15) is 11.8 Å². The number of H-pyrrole nitrogens is 1. The number of carbonyl (C=O) groups is 2. The number of hydrogen-bond donors (Lipinski definition) is 3. The van der Waals surface area contributed by atoms with E-state index in [0.29, 0.717) is 28.0 Å². The third kappa shape index (κ3) is 6.93.